The Morgan fingerprint density at radius 2 is 1.48 bits per heavy atom. The van der Waals surface area contributed by atoms with Gasteiger partial charge in [-0.2, -0.15) is 0 Å². The van der Waals surface area contributed by atoms with Crippen molar-refractivity contribution in [3.8, 4) is 0 Å². The monoisotopic (exact) mass is 375 g/mol. The Morgan fingerprint density at radius 3 is 1.96 bits per heavy atom. The highest BCUT2D eigenvalue weighted by Crippen LogP contribution is 2.55. The smallest absolute Gasteiger partial charge is 0.315 e. The lowest BCUT2D eigenvalue weighted by molar-refractivity contribution is -0.134. The van der Waals surface area contributed by atoms with Crippen LogP contribution in [-0.2, 0) is 4.79 Å². The van der Waals surface area contributed by atoms with Crippen molar-refractivity contribution in [2.24, 2.45) is 23.2 Å². The number of rotatable bonds is 3. The third-order valence-electron chi connectivity index (χ3n) is 7.28. The molecule has 5 nitrogen and oxygen atoms in total. The molecule has 0 atom stereocenters. The summed E-state index contributed by atoms with van der Waals surface area (Å²) in [6.07, 6.45) is 10.1. The third-order valence-corrected chi connectivity index (χ3v) is 7.28. The maximum atomic E-state index is 12.7. The Kier molecular flexibility index (Phi) is 4.92. The average molecular weight is 376 g/mol. The molecule has 5 aliphatic rings. The summed E-state index contributed by atoms with van der Waals surface area (Å²) in [5.74, 6) is 2.77. The summed E-state index contributed by atoms with van der Waals surface area (Å²) in [6.45, 7) is 7.84. The van der Waals surface area contributed by atoms with Crippen molar-refractivity contribution in [3.05, 3.63) is 0 Å². The predicted molar refractivity (Wildman–Crippen MR) is 106 cm³/mol. The topological polar surface area (TPSA) is 61.4 Å². The Morgan fingerprint density at radius 1 is 0.963 bits per heavy atom. The first-order chi connectivity index (χ1) is 12.7. The van der Waals surface area contributed by atoms with Crippen LogP contribution >= 0.6 is 0 Å². The largest absolute Gasteiger partial charge is 0.343 e. The predicted octanol–water partition coefficient (Wildman–Crippen LogP) is 3.68. The number of carbonyl (C=O) groups excluding carboxylic acids is 2. The van der Waals surface area contributed by atoms with E-state index in [1.165, 1.54) is 38.5 Å². The maximum Gasteiger partial charge on any atom is 0.315 e. The van der Waals surface area contributed by atoms with E-state index in [1.54, 1.807) is 0 Å². The molecule has 27 heavy (non-hydrogen) atoms. The molecule has 1 aliphatic heterocycles. The molecule has 0 radical (unpaired) electrons. The van der Waals surface area contributed by atoms with Crippen LogP contribution < -0.4 is 10.6 Å². The van der Waals surface area contributed by atoms with Crippen molar-refractivity contribution in [2.45, 2.75) is 90.1 Å². The van der Waals surface area contributed by atoms with Gasteiger partial charge in [0.2, 0.25) is 5.91 Å². The number of hydrogen-bond acceptors (Lipinski definition) is 2. The summed E-state index contributed by atoms with van der Waals surface area (Å²) in [4.78, 5) is 27.1. The maximum absolute atomic E-state index is 12.7. The molecule has 4 aliphatic carbocycles. The normalized spacial score (nSPS) is 36.0. The van der Waals surface area contributed by atoms with E-state index in [2.05, 4.69) is 31.4 Å². The summed E-state index contributed by atoms with van der Waals surface area (Å²) < 4.78 is 0. The van der Waals surface area contributed by atoms with Crippen LogP contribution in [0.2, 0.25) is 0 Å². The first kappa shape index (κ1) is 19.1. The number of urea groups is 1. The third kappa shape index (κ3) is 4.43. The number of nitrogens with zero attached hydrogens (tertiary/aromatic N) is 1. The van der Waals surface area contributed by atoms with Gasteiger partial charge in [-0.05, 0) is 74.5 Å². The Labute approximate surface area is 164 Å². The van der Waals surface area contributed by atoms with Gasteiger partial charge in [-0.3, -0.25) is 4.79 Å². The first-order valence-electron chi connectivity index (χ1n) is 11.1. The van der Waals surface area contributed by atoms with Gasteiger partial charge in [0.05, 0.1) is 0 Å². The van der Waals surface area contributed by atoms with Crippen LogP contribution in [0.4, 0.5) is 4.79 Å². The van der Waals surface area contributed by atoms with Gasteiger partial charge in [0.1, 0.15) is 0 Å². The van der Waals surface area contributed by atoms with Gasteiger partial charge in [0.15, 0.2) is 0 Å². The van der Waals surface area contributed by atoms with E-state index in [-0.39, 0.29) is 28.9 Å². The molecule has 152 valence electrons. The second-order valence-corrected chi connectivity index (χ2v) is 11.2. The molecule has 4 bridgehead atoms. The van der Waals surface area contributed by atoms with Crippen LogP contribution in [0.5, 0.6) is 0 Å². The van der Waals surface area contributed by atoms with Crippen LogP contribution in [0, 0.1) is 23.2 Å². The fourth-order valence-electron chi connectivity index (χ4n) is 6.56. The van der Waals surface area contributed by atoms with Crippen LogP contribution in [0.15, 0.2) is 0 Å². The quantitative estimate of drug-likeness (QED) is 0.790. The van der Waals surface area contributed by atoms with E-state index in [9.17, 15) is 9.59 Å². The molecule has 0 spiro atoms. The Bertz CT molecular complexity index is 552. The van der Waals surface area contributed by atoms with Gasteiger partial charge in [0, 0.05) is 31.1 Å². The zero-order chi connectivity index (χ0) is 19.2. The number of likely N-dealkylation sites (tertiary alicyclic amines) is 1. The lowest BCUT2D eigenvalue weighted by atomic mass is 9.53. The number of amides is 3. The SMILES string of the molecule is CC(C)(C)CC(=O)N1CCC(NC(=O)NC23CC4CC(CC(C4)C2)C3)CC1. The molecular weight excluding hydrogens is 338 g/mol. The fourth-order valence-corrected chi connectivity index (χ4v) is 6.56. The summed E-state index contributed by atoms with van der Waals surface area (Å²) in [5, 5.41) is 6.62. The number of piperidine rings is 1. The standard InChI is InChI=1S/C22H37N3O2/c1-21(2,3)14-19(26)25-6-4-18(5-7-25)23-20(27)24-22-11-15-8-16(12-22)10-17(9-15)13-22/h15-18H,4-14H2,1-3H3,(H2,23,24,27). The van der Waals surface area contributed by atoms with E-state index in [1.807, 2.05) is 4.90 Å². The van der Waals surface area contributed by atoms with E-state index < -0.39 is 0 Å². The molecule has 1 heterocycles. The van der Waals surface area contributed by atoms with Crippen molar-refractivity contribution in [2.75, 3.05) is 13.1 Å². The molecule has 5 fully saturated rings. The second kappa shape index (κ2) is 6.97. The average Bonchev–Trinajstić information content (AvgIpc) is 2.51. The summed E-state index contributed by atoms with van der Waals surface area (Å²) in [6, 6.07) is 0.217. The highest BCUT2D eigenvalue weighted by Gasteiger charge is 2.51. The molecule has 0 aromatic carbocycles. The minimum atomic E-state index is 0.0245. The molecule has 2 N–H and O–H groups in total. The highest BCUT2D eigenvalue weighted by atomic mass is 16.2. The van der Waals surface area contributed by atoms with Crippen LogP contribution in [0.3, 0.4) is 0 Å². The summed E-state index contributed by atoms with van der Waals surface area (Å²) >= 11 is 0. The number of hydrogen-bond donors (Lipinski definition) is 2. The van der Waals surface area contributed by atoms with Gasteiger partial charge in [-0.25, -0.2) is 4.79 Å². The molecule has 0 aromatic heterocycles. The number of carbonyl (C=O) groups is 2. The van der Waals surface area contributed by atoms with Crippen molar-refractivity contribution < 1.29 is 9.59 Å². The van der Waals surface area contributed by atoms with Crippen LogP contribution in [0.25, 0.3) is 0 Å². The first-order valence-corrected chi connectivity index (χ1v) is 11.1. The summed E-state index contributed by atoms with van der Waals surface area (Å²) in [5.41, 5.74) is 0.103. The van der Waals surface area contributed by atoms with Crippen LogP contribution in [-0.4, -0.2) is 41.5 Å². The van der Waals surface area contributed by atoms with Crippen LogP contribution in [0.1, 0.15) is 78.6 Å². The fraction of sp³-hybridized carbons (Fsp3) is 0.909. The highest BCUT2D eigenvalue weighted by molar-refractivity contribution is 5.77. The number of nitrogens with one attached hydrogen (secondary N) is 2. The van der Waals surface area contributed by atoms with Gasteiger partial charge >= 0.3 is 6.03 Å². The zero-order valence-electron chi connectivity index (χ0n) is 17.4. The zero-order valence-corrected chi connectivity index (χ0v) is 17.4. The van der Waals surface area contributed by atoms with Gasteiger partial charge in [-0.15, -0.1) is 0 Å². The lowest BCUT2D eigenvalue weighted by Crippen LogP contribution is -2.62. The minimum absolute atomic E-state index is 0.0245. The van der Waals surface area contributed by atoms with E-state index in [0.717, 1.165) is 43.7 Å². The van der Waals surface area contributed by atoms with E-state index in [4.69, 9.17) is 0 Å². The molecule has 3 amide bonds. The molecule has 5 rings (SSSR count). The van der Waals surface area contributed by atoms with E-state index >= 15 is 0 Å². The summed E-state index contributed by atoms with van der Waals surface area (Å²) in [7, 11) is 0. The van der Waals surface area contributed by atoms with Crippen molar-refractivity contribution in [1.29, 1.82) is 0 Å². The molecule has 0 unspecified atom stereocenters. The van der Waals surface area contributed by atoms with Crippen molar-refractivity contribution >= 4 is 11.9 Å². The molecule has 0 aromatic rings. The molecule has 1 saturated heterocycles. The molecule has 5 heteroatoms. The van der Waals surface area contributed by atoms with Crippen molar-refractivity contribution in [3.63, 3.8) is 0 Å². The van der Waals surface area contributed by atoms with Gasteiger partial charge in [-0.1, -0.05) is 20.8 Å². The molecular formula is C22H37N3O2. The van der Waals surface area contributed by atoms with Gasteiger partial charge < -0.3 is 15.5 Å². The van der Waals surface area contributed by atoms with Gasteiger partial charge in [0.25, 0.3) is 0 Å². The van der Waals surface area contributed by atoms with Crippen molar-refractivity contribution in [1.82, 2.24) is 15.5 Å². The second-order valence-electron chi connectivity index (χ2n) is 11.2. The Hall–Kier alpha value is -1.26. The minimum Gasteiger partial charge on any atom is -0.343 e. The van der Waals surface area contributed by atoms with E-state index in [0.29, 0.717) is 6.42 Å². The molecule has 4 saturated carbocycles. The lowest BCUT2D eigenvalue weighted by Gasteiger charge is -2.56. The Balaban J connectivity index is 1.24.